The van der Waals surface area contributed by atoms with Gasteiger partial charge in [0.15, 0.2) is 0 Å². The number of anilines is 1. The van der Waals surface area contributed by atoms with Gasteiger partial charge in [0.25, 0.3) is 0 Å². The molecule has 0 saturated heterocycles. The number of hydrogen-bond acceptors (Lipinski definition) is 4. The van der Waals surface area contributed by atoms with Gasteiger partial charge in [-0.15, -0.1) is 0 Å². The van der Waals surface area contributed by atoms with Gasteiger partial charge in [-0.05, 0) is 29.8 Å². The Kier molecular flexibility index (Phi) is 4.44. The molecule has 0 bridgehead atoms. The Morgan fingerprint density at radius 2 is 1.86 bits per heavy atom. The van der Waals surface area contributed by atoms with E-state index in [0.717, 1.165) is 0 Å². The van der Waals surface area contributed by atoms with E-state index in [0.29, 0.717) is 5.56 Å². The Bertz CT molecular complexity index is 760. The molecule has 0 saturated carbocycles. The molecule has 0 aliphatic rings. The molecule has 0 amide bonds. The summed E-state index contributed by atoms with van der Waals surface area (Å²) in [5.41, 5.74) is 0.565. The highest BCUT2D eigenvalue weighted by molar-refractivity contribution is 7.91. The first-order valence-electron chi connectivity index (χ1n) is 5.81. The summed E-state index contributed by atoms with van der Waals surface area (Å²) in [6.07, 6.45) is 0. The molecule has 0 radical (unpaired) electrons. The smallest absolute Gasteiger partial charge is 0.335 e. The summed E-state index contributed by atoms with van der Waals surface area (Å²) >= 11 is 5.68. The first-order valence-corrected chi connectivity index (χ1v) is 7.84. The average molecular weight is 327 g/mol. The summed E-state index contributed by atoms with van der Waals surface area (Å²) in [6.45, 7) is 0. The van der Waals surface area contributed by atoms with Gasteiger partial charge in [-0.25, -0.2) is 18.2 Å². The van der Waals surface area contributed by atoms with Crippen LogP contribution >= 0.6 is 11.6 Å². The molecule has 1 aromatic heterocycles. The Morgan fingerprint density at radius 1 is 1.19 bits per heavy atom. The van der Waals surface area contributed by atoms with Crippen LogP contribution in [0.2, 0.25) is 5.15 Å². The molecule has 0 atom stereocenters. The summed E-state index contributed by atoms with van der Waals surface area (Å²) in [5, 5.41) is 8.96. The summed E-state index contributed by atoms with van der Waals surface area (Å²) in [6, 6.07) is 10.2. The quantitative estimate of drug-likeness (QED) is 0.822. The number of aromatic carboxylic acids is 1. The number of rotatable bonds is 5. The van der Waals surface area contributed by atoms with E-state index in [9.17, 15) is 13.2 Å². The van der Waals surface area contributed by atoms with E-state index < -0.39 is 16.0 Å². The van der Waals surface area contributed by atoms with Gasteiger partial charge < -0.3 is 5.11 Å². The monoisotopic (exact) mass is 326 g/mol. The topological polar surface area (TPSA) is 96.4 Å². The largest absolute Gasteiger partial charge is 0.478 e. The van der Waals surface area contributed by atoms with Crippen molar-refractivity contribution in [1.82, 2.24) is 4.98 Å². The van der Waals surface area contributed by atoms with Crippen LogP contribution in [0.4, 0.5) is 5.82 Å². The molecule has 8 heteroatoms. The van der Waals surface area contributed by atoms with Gasteiger partial charge in [0.05, 0.1) is 11.3 Å². The lowest BCUT2D eigenvalue weighted by Gasteiger charge is -2.07. The fourth-order valence-electron chi connectivity index (χ4n) is 1.62. The number of aromatic nitrogens is 1. The second kappa shape index (κ2) is 6.11. The van der Waals surface area contributed by atoms with Crippen molar-refractivity contribution in [2.75, 3.05) is 4.72 Å². The molecular formula is C13H11ClN2O4S. The normalized spacial score (nSPS) is 11.1. The molecule has 1 aromatic carbocycles. The molecular weight excluding hydrogens is 316 g/mol. The van der Waals surface area contributed by atoms with Crippen molar-refractivity contribution in [2.24, 2.45) is 0 Å². The second-order valence-electron chi connectivity index (χ2n) is 4.21. The van der Waals surface area contributed by atoms with Gasteiger partial charge in [0, 0.05) is 0 Å². The number of sulfonamides is 1. The zero-order chi connectivity index (χ0) is 15.5. The van der Waals surface area contributed by atoms with E-state index in [4.69, 9.17) is 16.7 Å². The number of carboxylic acid groups (broad SMARTS) is 1. The molecule has 0 aliphatic heterocycles. The van der Waals surface area contributed by atoms with Gasteiger partial charge in [0.2, 0.25) is 10.0 Å². The van der Waals surface area contributed by atoms with Crippen molar-refractivity contribution < 1.29 is 18.3 Å². The van der Waals surface area contributed by atoms with E-state index >= 15 is 0 Å². The van der Waals surface area contributed by atoms with Crippen LogP contribution in [0.25, 0.3) is 0 Å². The average Bonchev–Trinajstić information content (AvgIpc) is 2.38. The highest BCUT2D eigenvalue weighted by Gasteiger charge is 2.13. The van der Waals surface area contributed by atoms with Gasteiger partial charge in [0.1, 0.15) is 11.0 Å². The Labute approximate surface area is 126 Å². The molecule has 2 rings (SSSR count). The molecule has 0 spiro atoms. The van der Waals surface area contributed by atoms with Gasteiger partial charge in [-0.2, -0.15) is 0 Å². The van der Waals surface area contributed by atoms with Crippen LogP contribution < -0.4 is 4.72 Å². The van der Waals surface area contributed by atoms with Crippen molar-refractivity contribution in [1.29, 1.82) is 0 Å². The van der Waals surface area contributed by atoms with Crippen molar-refractivity contribution in [3.05, 3.63) is 58.7 Å². The predicted octanol–water partition coefficient (Wildman–Crippen LogP) is 2.38. The second-order valence-corrected chi connectivity index (χ2v) is 6.32. The van der Waals surface area contributed by atoms with Crippen LogP contribution in [-0.4, -0.2) is 24.5 Å². The van der Waals surface area contributed by atoms with E-state index in [2.05, 4.69) is 9.71 Å². The summed E-state index contributed by atoms with van der Waals surface area (Å²) in [7, 11) is -3.66. The molecule has 2 N–H and O–H groups in total. The molecule has 1 heterocycles. The number of hydrogen-bond donors (Lipinski definition) is 2. The van der Waals surface area contributed by atoms with Crippen LogP contribution in [0.1, 0.15) is 15.9 Å². The standard InChI is InChI=1S/C13H11ClN2O4S/c14-11-2-1-3-12(15-11)16-21(19,20)8-9-4-6-10(7-5-9)13(17)18/h1-7H,8H2,(H,15,16)(H,17,18). The van der Waals surface area contributed by atoms with Crippen molar-refractivity contribution in [3.8, 4) is 0 Å². The lowest BCUT2D eigenvalue weighted by Crippen LogP contribution is -2.16. The number of pyridine rings is 1. The summed E-state index contributed by atoms with van der Waals surface area (Å²) in [4.78, 5) is 14.6. The maximum absolute atomic E-state index is 12.0. The van der Waals surface area contributed by atoms with Gasteiger partial charge >= 0.3 is 5.97 Å². The highest BCUT2D eigenvalue weighted by Crippen LogP contribution is 2.14. The first-order chi connectivity index (χ1) is 9.85. The lowest BCUT2D eigenvalue weighted by atomic mass is 10.1. The Morgan fingerprint density at radius 3 is 2.43 bits per heavy atom. The molecule has 0 aliphatic carbocycles. The number of benzene rings is 1. The minimum atomic E-state index is -3.66. The number of carboxylic acids is 1. The Balaban J connectivity index is 2.12. The number of halogens is 1. The zero-order valence-electron chi connectivity index (χ0n) is 10.7. The predicted molar refractivity (Wildman–Crippen MR) is 78.9 cm³/mol. The molecule has 21 heavy (non-hydrogen) atoms. The lowest BCUT2D eigenvalue weighted by molar-refractivity contribution is 0.0697. The first kappa shape index (κ1) is 15.3. The molecule has 0 unspecified atom stereocenters. The van der Waals surface area contributed by atoms with Crippen molar-refractivity contribution in [2.45, 2.75) is 5.75 Å². The molecule has 110 valence electrons. The summed E-state index contributed by atoms with van der Waals surface area (Å²) < 4.78 is 26.3. The van der Waals surface area contributed by atoms with Crippen LogP contribution in [0, 0.1) is 0 Å². The van der Waals surface area contributed by atoms with E-state index in [1.807, 2.05) is 0 Å². The summed E-state index contributed by atoms with van der Waals surface area (Å²) in [5.74, 6) is -1.23. The number of nitrogens with one attached hydrogen (secondary N) is 1. The van der Waals surface area contributed by atoms with Crippen LogP contribution in [-0.2, 0) is 15.8 Å². The maximum Gasteiger partial charge on any atom is 0.335 e. The van der Waals surface area contributed by atoms with Crippen LogP contribution in [0.15, 0.2) is 42.5 Å². The van der Waals surface area contributed by atoms with Crippen molar-refractivity contribution in [3.63, 3.8) is 0 Å². The van der Waals surface area contributed by atoms with Crippen LogP contribution in [0.3, 0.4) is 0 Å². The van der Waals surface area contributed by atoms with Gasteiger partial charge in [-0.3, -0.25) is 4.72 Å². The molecule has 0 fully saturated rings. The van der Waals surface area contributed by atoms with Gasteiger partial charge in [-0.1, -0.05) is 29.8 Å². The van der Waals surface area contributed by atoms with E-state index in [1.165, 1.54) is 36.4 Å². The third kappa shape index (κ3) is 4.44. The minimum absolute atomic E-state index is 0.0978. The zero-order valence-corrected chi connectivity index (χ0v) is 12.2. The third-order valence-corrected chi connectivity index (χ3v) is 3.98. The number of carbonyl (C=O) groups is 1. The third-order valence-electron chi connectivity index (χ3n) is 2.53. The fraction of sp³-hybridized carbons (Fsp3) is 0.0769. The Hall–Kier alpha value is -2.12. The molecule has 2 aromatic rings. The van der Waals surface area contributed by atoms with E-state index in [-0.39, 0.29) is 22.3 Å². The fourth-order valence-corrected chi connectivity index (χ4v) is 2.92. The van der Waals surface area contributed by atoms with E-state index in [1.54, 1.807) is 6.07 Å². The SMILES string of the molecule is O=C(O)c1ccc(CS(=O)(=O)Nc2cccc(Cl)n2)cc1. The number of nitrogens with zero attached hydrogens (tertiary/aromatic N) is 1. The highest BCUT2D eigenvalue weighted by atomic mass is 35.5. The minimum Gasteiger partial charge on any atom is -0.478 e. The maximum atomic E-state index is 12.0. The molecule has 6 nitrogen and oxygen atoms in total. The van der Waals surface area contributed by atoms with Crippen LogP contribution in [0.5, 0.6) is 0 Å². The van der Waals surface area contributed by atoms with Crippen molar-refractivity contribution >= 4 is 33.4 Å².